The van der Waals surface area contributed by atoms with Crippen molar-refractivity contribution in [3.8, 4) is 5.75 Å². The molecule has 160 valence electrons. The Kier molecular flexibility index (Phi) is 5.78. The van der Waals surface area contributed by atoms with Gasteiger partial charge in [-0.05, 0) is 46.0 Å². The summed E-state index contributed by atoms with van der Waals surface area (Å²) in [6.07, 6.45) is -0.360. The van der Waals surface area contributed by atoms with Gasteiger partial charge >= 0.3 is 6.18 Å². The van der Waals surface area contributed by atoms with Crippen molar-refractivity contribution < 1.29 is 27.5 Å². The second-order valence-electron chi connectivity index (χ2n) is 8.35. The zero-order valence-corrected chi connectivity index (χ0v) is 16.8. The number of ether oxygens (including phenoxy) is 1. The number of carbonyl (C=O) groups is 2. The molecule has 0 bridgehead atoms. The number of hydrogen-bond acceptors (Lipinski definition) is 4. The Morgan fingerprint density at radius 1 is 1.31 bits per heavy atom. The standard InChI is InChI=1S/C20H26F3N3O3/c1-12(19(2,3)18(28)26-7-4-8-26)25-17(27)15-9-16(29-11-20(21,22)23)14(10-24-15)13-5-6-13/h9-10,12-13H,4-8,11H2,1-3H3,(H,25,27). The smallest absolute Gasteiger partial charge is 0.422 e. The maximum Gasteiger partial charge on any atom is 0.422 e. The predicted octanol–water partition coefficient (Wildman–Crippen LogP) is 3.28. The molecule has 1 saturated heterocycles. The van der Waals surface area contributed by atoms with Crippen LogP contribution in [0.3, 0.4) is 0 Å². The SMILES string of the molecule is CC(NC(=O)c1cc(OCC(F)(F)F)c(C2CC2)cn1)C(C)(C)C(=O)N1CCC1. The Morgan fingerprint density at radius 3 is 2.48 bits per heavy atom. The van der Waals surface area contributed by atoms with Crippen molar-refractivity contribution in [2.45, 2.75) is 58.2 Å². The summed E-state index contributed by atoms with van der Waals surface area (Å²) >= 11 is 0. The van der Waals surface area contributed by atoms with Gasteiger partial charge in [-0.25, -0.2) is 0 Å². The molecule has 2 fully saturated rings. The fourth-order valence-corrected chi connectivity index (χ4v) is 3.12. The monoisotopic (exact) mass is 413 g/mol. The van der Waals surface area contributed by atoms with Crippen molar-refractivity contribution in [1.29, 1.82) is 0 Å². The lowest BCUT2D eigenvalue weighted by atomic mass is 9.83. The molecule has 9 heteroatoms. The lowest BCUT2D eigenvalue weighted by Crippen LogP contribution is -2.55. The quantitative estimate of drug-likeness (QED) is 0.745. The minimum Gasteiger partial charge on any atom is -0.484 e. The van der Waals surface area contributed by atoms with Gasteiger partial charge in [0.1, 0.15) is 11.4 Å². The molecule has 2 aliphatic rings. The maximum absolute atomic E-state index is 12.7. The van der Waals surface area contributed by atoms with Crippen LogP contribution in [0.2, 0.25) is 0 Å². The van der Waals surface area contributed by atoms with Gasteiger partial charge < -0.3 is 15.0 Å². The lowest BCUT2D eigenvalue weighted by molar-refractivity contribution is -0.153. The van der Waals surface area contributed by atoms with E-state index in [1.54, 1.807) is 25.7 Å². The summed E-state index contributed by atoms with van der Waals surface area (Å²) < 4.78 is 42.7. The van der Waals surface area contributed by atoms with Gasteiger partial charge in [-0.3, -0.25) is 14.6 Å². The van der Waals surface area contributed by atoms with Crippen LogP contribution in [0, 0.1) is 5.41 Å². The van der Waals surface area contributed by atoms with Crippen molar-refractivity contribution in [1.82, 2.24) is 15.2 Å². The van der Waals surface area contributed by atoms with Crippen molar-refractivity contribution in [3.05, 3.63) is 23.5 Å². The van der Waals surface area contributed by atoms with Gasteiger partial charge in [0.25, 0.3) is 5.91 Å². The summed E-state index contributed by atoms with van der Waals surface area (Å²) in [6, 6.07) is 0.763. The molecular formula is C20H26F3N3O3. The number of pyridine rings is 1. The van der Waals surface area contributed by atoms with Crippen molar-refractivity contribution in [2.75, 3.05) is 19.7 Å². The van der Waals surface area contributed by atoms with Crippen molar-refractivity contribution in [3.63, 3.8) is 0 Å². The second-order valence-corrected chi connectivity index (χ2v) is 8.35. The first kappa shape index (κ1) is 21.4. The lowest BCUT2D eigenvalue weighted by Gasteiger charge is -2.40. The number of hydrogen-bond donors (Lipinski definition) is 1. The van der Waals surface area contributed by atoms with Crippen LogP contribution < -0.4 is 10.1 Å². The molecule has 2 amide bonds. The van der Waals surface area contributed by atoms with Crippen LogP contribution in [0.4, 0.5) is 13.2 Å². The van der Waals surface area contributed by atoms with E-state index < -0.39 is 30.1 Å². The highest BCUT2D eigenvalue weighted by Gasteiger charge is 2.40. The molecule has 0 spiro atoms. The van der Waals surface area contributed by atoms with Crippen molar-refractivity contribution >= 4 is 11.8 Å². The minimum absolute atomic E-state index is 0.0357. The number of halogens is 3. The van der Waals surface area contributed by atoms with E-state index in [1.165, 1.54) is 12.3 Å². The first-order valence-corrected chi connectivity index (χ1v) is 9.79. The second kappa shape index (κ2) is 7.84. The molecule has 1 aliphatic carbocycles. The zero-order chi connectivity index (χ0) is 21.4. The molecule has 0 radical (unpaired) electrons. The number of aromatic nitrogens is 1. The highest BCUT2D eigenvalue weighted by molar-refractivity contribution is 5.93. The molecule has 1 aromatic heterocycles. The van der Waals surface area contributed by atoms with Gasteiger partial charge in [0.2, 0.25) is 5.91 Å². The fraction of sp³-hybridized carbons (Fsp3) is 0.650. The first-order valence-electron chi connectivity index (χ1n) is 9.79. The third-order valence-electron chi connectivity index (χ3n) is 5.66. The molecule has 0 aromatic carbocycles. The topological polar surface area (TPSA) is 71.5 Å². The number of likely N-dealkylation sites (tertiary alicyclic amines) is 1. The molecular weight excluding hydrogens is 387 g/mol. The summed E-state index contributed by atoms with van der Waals surface area (Å²) in [6.45, 7) is 5.26. The third-order valence-corrected chi connectivity index (χ3v) is 5.66. The van der Waals surface area contributed by atoms with E-state index in [1.807, 2.05) is 0 Å². The van der Waals surface area contributed by atoms with Crippen LogP contribution in [0.1, 0.15) is 62.0 Å². The summed E-state index contributed by atoms with van der Waals surface area (Å²) in [7, 11) is 0. The fourth-order valence-electron chi connectivity index (χ4n) is 3.12. The molecule has 2 heterocycles. The van der Waals surface area contributed by atoms with Gasteiger partial charge in [-0.15, -0.1) is 0 Å². The number of carbonyl (C=O) groups excluding carboxylic acids is 2. The van der Waals surface area contributed by atoms with Crippen molar-refractivity contribution in [2.24, 2.45) is 5.41 Å². The van der Waals surface area contributed by atoms with Gasteiger partial charge in [0.05, 0.1) is 5.41 Å². The van der Waals surface area contributed by atoms with E-state index in [4.69, 9.17) is 4.74 Å². The first-order chi connectivity index (χ1) is 13.5. The molecule has 3 rings (SSSR count). The minimum atomic E-state index is -4.47. The molecule has 6 nitrogen and oxygen atoms in total. The Bertz CT molecular complexity index is 787. The van der Waals surface area contributed by atoms with E-state index in [0.29, 0.717) is 18.7 Å². The van der Waals surface area contributed by atoms with Gasteiger partial charge in [0, 0.05) is 37.0 Å². The molecule has 29 heavy (non-hydrogen) atoms. The average molecular weight is 413 g/mol. The van der Waals surface area contributed by atoms with Crippen LogP contribution in [0.25, 0.3) is 0 Å². The van der Waals surface area contributed by atoms with E-state index in [9.17, 15) is 22.8 Å². The van der Waals surface area contributed by atoms with Crippen LogP contribution in [0.5, 0.6) is 5.75 Å². The number of amides is 2. The van der Waals surface area contributed by atoms with Crippen LogP contribution in [0.15, 0.2) is 12.3 Å². The molecule has 1 unspecified atom stereocenters. The number of nitrogens with zero attached hydrogens (tertiary/aromatic N) is 2. The van der Waals surface area contributed by atoms with E-state index in [0.717, 1.165) is 19.3 Å². The van der Waals surface area contributed by atoms with E-state index in [-0.39, 0.29) is 23.3 Å². The molecule has 1 aromatic rings. The predicted molar refractivity (Wildman–Crippen MR) is 99.7 cm³/mol. The van der Waals surface area contributed by atoms with Gasteiger partial charge in [-0.1, -0.05) is 0 Å². The Morgan fingerprint density at radius 2 is 1.97 bits per heavy atom. The van der Waals surface area contributed by atoms with Crippen LogP contribution in [-0.2, 0) is 4.79 Å². The Balaban J connectivity index is 1.71. The summed E-state index contributed by atoms with van der Waals surface area (Å²) in [5.74, 6) is -0.438. The van der Waals surface area contributed by atoms with Crippen LogP contribution in [-0.4, -0.2) is 53.6 Å². The highest BCUT2D eigenvalue weighted by Crippen LogP contribution is 2.44. The summed E-state index contributed by atoms with van der Waals surface area (Å²) in [5, 5.41) is 2.76. The third kappa shape index (κ3) is 5.00. The number of alkyl halides is 3. The Labute approximate surface area is 167 Å². The Hall–Kier alpha value is -2.32. The molecule has 1 aliphatic heterocycles. The normalized spacial score (nSPS) is 18.1. The highest BCUT2D eigenvalue weighted by atomic mass is 19.4. The summed E-state index contributed by atoms with van der Waals surface area (Å²) in [4.78, 5) is 31.1. The zero-order valence-electron chi connectivity index (χ0n) is 16.8. The summed E-state index contributed by atoms with van der Waals surface area (Å²) in [5.41, 5.74) is -0.266. The van der Waals surface area contributed by atoms with Gasteiger partial charge in [0.15, 0.2) is 6.61 Å². The maximum atomic E-state index is 12.7. The number of nitrogens with one attached hydrogen (secondary N) is 1. The van der Waals surface area contributed by atoms with Crippen LogP contribution >= 0.6 is 0 Å². The largest absolute Gasteiger partial charge is 0.484 e. The average Bonchev–Trinajstić information content (AvgIpc) is 3.42. The van der Waals surface area contributed by atoms with Gasteiger partial charge in [-0.2, -0.15) is 13.2 Å². The van der Waals surface area contributed by atoms with E-state index >= 15 is 0 Å². The number of rotatable bonds is 7. The molecule has 1 saturated carbocycles. The molecule has 1 atom stereocenters. The molecule has 1 N–H and O–H groups in total. The van der Waals surface area contributed by atoms with E-state index in [2.05, 4.69) is 10.3 Å².